The predicted molar refractivity (Wildman–Crippen MR) is 131 cm³/mol. The second-order valence-corrected chi connectivity index (χ2v) is 10.7. The van der Waals surface area contributed by atoms with Gasteiger partial charge in [0.05, 0.1) is 5.52 Å². The van der Waals surface area contributed by atoms with Crippen molar-refractivity contribution in [1.29, 1.82) is 0 Å². The summed E-state index contributed by atoms with van der Waals surface area (Å²) in [6.07, 6.45) is 11.7. The lowest BCUT2D eigenvalue weighted by Crippen LogP contribution is -2.29. The van der Waals surface area contributed by atoms with E-state index >= 15 is 0 Å². The molecule has 0 aliphatic rings. The fraction of sp³-hybridized carbons (Fsp3) is 0.704. The molecule has 2 rings (SSSR count). The largest absolute Gasteiger partial charge is 0.419 e. The van der Waals surface area contributed by atoms with E-state index in [1.807, 2.05) is 0 Å². The Hall–Kier alpha value is -1.88. The van der Waals surface area contributed by atoms with Crippen LogP contribution in [0.3, 0.4) is 0 Å². The minimum Gasteiger partial charge on any atom is -0.408 e. The number of ether oxygens (including phenoxy) is 1. The normalized spacial score (nSPS) is 12.5. The Morgan fingerprint density at radius 1 is 0.906 bits per heavy atom. The third kappa shape index (κ3) is 7.91. The molecule has 5 nitrogen and oxygen atoms in total. The first-order valence-corrected chi connectivity index (χ1v) is 12.3. The first kappa shape index (κ1) is 26.4. The van der Waals surface area contributed by atoms with Gasteiger partial charge >= 0.3 is 5.76 Å². The zero-order chi connectivity index (χ0) is 23.6. The van der Waals surface area contributed by atoms with Crippen molar-refractivity contribution in [3.05, 3.63) is 34.3 Å². The molecular weight excluding hydrogens is 402 g/mol. The van der Waals surface area contributed by atoms with E-state index in [1.165, 1.54) is 44.9 Å². The smallest absolute Gasteiger partial charge is 0.408 e. The van der Waals surface area contributed by atoms with Crippen LogP contribution in [0.4, 0.5) is 0 Å². The number of rotatable bonds is 15. The molecule has 1 aromatic heterocycles. The standard InChI is InChI=1S/C27H43NO4/c1-26(2,3)27(4,5)16-11-9-7-6-8-10-12-18-31-19-13-17-28-23-15-14-22(21-29)20-24(23)32-25(28)30/h14-15,20-21H,6-13,16-19H2,1-5H3. The van der Waals surface area contributed by atoms with Gasteiger partial charge in [0.15, 0.2) is 5.58 Å². The van der Waals surface area contributed by atoms with E-state index < -0.39 is 0 Å². The third-order valence-electron chi connectivity index (χ3n) is 7.12. The minimum absolute atomic E-state index is 0.371. The average Bonchev–Trinajstić information content (AvgIpc) is 3.04. The summed E-state index contributed by atoms with van der Waals surface area (Å²) in [7, 11) is 0. The highest BCUT2D eigenvalue weighted by molar-refractivity contribution is 5.83. The highest BCUT2D eigenvalue weighted by Gasteiger charge is 2.31. The molecule has 0 saturated heterocycles. The molecule has 0 unspecified atom stereocenters. The second-order valence-electron chi connectivity index (χ2n) is 10.7. The summed E-state index contributed by atoms with van der Waals surface area (Å²) in [6.45, 7) is 13.8. The summed E-state index contributed by atoms with van der Waals surface area (Å²) in [6, 6.07) is 5.06. The SMILES string of the molecule is CC(C)(C)C(C)(C)CCCCCCCCCOCCCn1c(=O)oc2cc(C=O)ccc21. The lowest BCUT2D eigenvalue weighted by molar-refractivity contribution is 0.112. The number of aromatic nitrogens is 1. The number of oxazole rings is 1. The molecule has 0 N–H and O–H groups in total. The maximum Gasteiger partial charge on any atom is 0.419 e. The molecule has 0 amide bonds. The van der Waals surface area contributed by atoms with Crippen molar-refractivity contribution in [3.8, 4) is 0 Å². The number of nitrogens with zero attached hydrogens (tertiary/aromatic N) is 1. The van der Waals surface area contributed by atoms with Crippen LogP contribution >= 0.6 is 0 Å². The van der Waals surface area contributed by atoms with Crippen LogP contribution in [0.1, 0.15) is 103 Å². The molecule has 1 heterocycles. The molecule has 0 aliphatic heterocycles. The summed E-state index contributed by atoms with van der Waals surface area (Å²) in [5.41, 5.74) is 2.46. The highest BCUT2D eigenvalue weighted by Crippen LogP contribution is 2.41. The summed E-state index contributed by atoms with van der Waals surface area (Å²) >= 11 is 0. The Kier molecular flexibility index (Phi) is 10.2. The van der Waals surface area contributed by atoms with Gasteiger partial charge in [-0.3, -0.25) is 9.36 Å². The van der Waals surface area contributed by atoms with E-state index in [0.717, 1.165) is 31.3 Å². The molecule has 0 saturated carbocycles. The molecule has 0 atom stereocenters. The van der Waals surface area contributed by atoms with Gasteiger partial charge in [0.1, 0.15) is 6.29 Å². The molecule has 0 radical (unpaired) electrons. The van der Waals surface area contributed by atoms with Gasteiger partial charge in [-0.2, -0.15) is 0 Å². The number of benzene rings is 1. The Morgan fingerprint density at radius 3 is 2.19 bits per heavy atom. The monoisotopic (exact) mass is 445 g/mol. The van der Waals surface area contributed by atoms with Crippen LogP contribution in [-0.2, 0) is 11.3 Å². The van der Waals surface area contributed by atoms with Crippen LogP contribution < -0.4 is 5.76 Å². The number of fused-ring (bicyclic) bond motifs is 1. The van der Waals surface area contributed by atoms with Crippen molar-refractivity contribution in [3.63, 3.8) is 0 Å². The lowest BCUT2D eigenvalue weighted by atomic mass is 9.67. The number of aryl methyl sites for hydroxylation is 1. The molecule has 1 aromatic carbocycles. The highest BCUT2D eigenvalue weighted by atomic mass is 16.5. The Morgan fingerprint density at radius 2 is 1.53 bits per heavy atom. The van der Waals surface area contributed by atoms with Gasteiger partial charge < -0.3 is 9.15 Å². The molecule has 180 valence electrons. The fourth-order valence-corrected chi connectivity index (χ4v) is 3.82. The van der Waals surface area contributed by atoms with Gasteiger partial charge in [-0.25, -0.2) is 4.79 Å². The van der Waals surface area contributed by atoms with Gasteiger partial charge in [-0.1, -0.05) is 73.1 Å². The molecule has 2 aromatic rings. The van der Waals surface area contributed by atoms with E-state index in [4.69, 9.17) is 9.15 Å². The van der Waals surface area contributed by atoms with Crippen molar-refractivity contribution in [2.24, 2.45) is 10.8 Å². The van der Waals surface area contributed by atoms with Gasteiger partial charge in [0, 0.05) is 25.3 Å². The zero-order valence-electron chi connectivity index (χ0n) is 20.9. The third-order valence-corrected chi connectivity index (χ3v) is 7.12. The van der Waals surface area contributed by atoms with Crippen molar-refractivity contribution in [2.45, 2.75) is 99.0 Å². The van der Waals surface area contributed by atoms with E-state index in [9.17, 15) is 9.59 Å². The van der Waals surface area contributed by atoms with Crippen molar-refractivity contribution >= 4 is 17.4 Å². The molecule has 0 aliphatic carbocycles. The number of hydrogen-bond acceptors (Lipinski definition) is 4. The van der Waals surface area contributed by atoms with Gasteiger partial charge in [-0.15, -0.1) is 0 Å². The average molecular weight is 446 g/mol. The zero-order valence-corrected chi connectivity index (χ0v) is 20.9. The molecule has 0 bridgehead atoms. The van der Waals surface area contributed by atoms with Crippen LogP contribution in [0, 0.1) is 10.8 Å². The van der Waals surface area contributed by atoms with Crippen molar-refractivity contribution in [1.82, 2.24) is 4.57 Å². The minimum atomic E-state index is -0.384. The fourth-order valence-electron chi connectivity index (χ4n) is 3.82. The molecule has 0 fully saturated rings. The molecule has 0 spiro atoms. The number of hydrogen-bond donors (Lipinski definition) is 0. The van der Waals surface area contributed by atoms with E-state index in [-0.39, 0.29) is 5.76 Å². The first-order chi connectivity index (χ1) is 15.2. The summed E-state index contributed by atoms with van der Waals surface area (Å²) < 4.78 is 12.6. The van der Waals surface area contributed by atoms with Crippen LogP contribution in [0.15, 0.2) is 27.4 Å². The topological polar surface area (TPSA) is 61.4 Å². The number of carbonyl (C=O) groups is 1. The molecule has 5 heteroatoms. The van der Waals surface area contributed by atoms with Gasteiger partial charge in [0.25, 0.3) is 0 Å². The quantitative estimate of drug-likeness (QED) is 0.218. The van der Waals surface area contributed by atoms with Crippen molar-refractivity contribution in [2.75, 3.05) is 13.2 Å². The van der Waals surface area contributed by atoms with Crippen LogP contribution in [-0.4, -0.2) is 24.1 Å². The Labute approximate surface area is 193 Å². The van der Waals surface area contributed by atoms with E-state index in [0.29, 0.717) is 35.1 Å². The maximum absolute atomic E-state index is 12.0. The van der Waals surface area contributed by atoms with E-state index in [1.54, 1.807) is 22.8 Å². The van der Waals surface area contributed by atoms with Gasteiger partial charge in [-0.05, 0) is 48.3 Å². The summed E-state index contributed by atoms with van der Waals surface area (Å²) in [5, 5.41) is 0. The second kappa shape index (κ2) is 12.4. The van der Waals surface area contributed by atoms with Gasteiger partial charge in [0.2, 0.25) is 0 Å². The van der Waals surface area contributed by atoms with Crippen LogP contribution in [0.2, 0.25) is 0 Å². The molecule has 32 heavy (non-hydrogen) atoms. The number of unbranched alkanes of at least 4 members (excludes halogenated alkanes) is 6. The number of aldehydes is 1. The first-order valence-electron chi connectivity index (χ1n) is 12.3. The van der Waals surface area contributed by atoms with Crippen LogP contribution in [0.5, 0.6) is 0 Å². The summed E-state index contributed by atoms with van der Waals surface area (Å²) in [5.74, 6) is -0.384. The number of carbonyl (C=O) groups excluding carboxylic acids is 1. The Bertz CT molecular complexity index is 885. The van der Waals surface area contributed by atoms with Crippen molar-refractivity contribution < 1.29 is 13.9 Å². The lowest BCUT2D eigenvalue weighted by Gasteiger charge is -2.39. The molecular formula is C27H43NO4. The van der Waals surface area contributed by atoms with E-state index in [2.05, 4.69) is 34.6 Å². The summed E-state index contributed by atoms with van der Waals surface area (Å²) in [4.78, 5) is 22.9. The predicted octanol–water partition coefficient (Wildman–Crippen LogP) is 7.01. The Balaban J connectivity index is 1.49. The maximum atomic E-state index is 12.0. The van der Waals surface area contributed by atoms with Crippen LogP contribution in [0.25, 0.3) is 11.1 Å².